The summed E-state index contributed by atoms with van der Waals surface area (Å²) in [5, 5.41) is 3.96. The Labute approximate surface area is 99.1 Å². The molecule has 0 aliphatic rings. The summed E-state index contributed by atoms with van der Waals surface area (Å²) in [6.07, 6.45) is 2.58. The van der Waals surface area contributed by atoms with Crippen LogP contribution >= 0.6 is 0 Å². The highest BCUT2D eigenvalue weighted by Crippen LogP contribution is 2.17. The van der Waals surface area contributed by atoms with Crippen molar-refractivity contribution in [2.75, 3.05) is 0 Å². The highest BCUT2D eigenvalue weighted by molar-refractivity contribution is 6.79. The van der Waals surface area contributed by atoms with E-state index in [-0.39, 0.29) is 0 Å². The highest BCUT2D eigenvalue weighted by atomic mass is 28.3. The molecule has 2 atom stereocenters. The van der Waals surface area contributed by atoms with Gasteiger partial charge in [-0.1, -0.05) is 53.1 Å². The van der Waals surface area contributed by atoms with Gasteiger partial charge in [0.05, 0.1) is 16.1 Å². The Morgan fingerprint density at radius 1 is 0.733 bits per heavy atom. The smallest absolute Gasteiger partial charge is 0.0634 e. The maximum Gasteiger partial charge on any atom is 0.0634 e. The van der Waals surface area contributed by atoms with E-state index < -0.39 is 16.1 Å². The van der Waals surface area contributed by atoms with Crippen molar-refractivity contribution in [1.82, 2.24) is 5.32 Å². The first-order valence-corrected chi connectivity index (χ1v) is 13.5. The summed E-state index contributed by atoms with van der Waals surface area (Å²) < 4.78 is 0. The van der Waals surface area contributed by atoms with Gasteiger partial charge in [0, 0.05) is 0 Å². The maximum absolute atomic E-state index is 3.96. The van der Waals surface area contributed by atoms with Crippen molar-refractivity contribution in [3.8, 4) is 0 Å². The van der Waals surface area contributed by atoms with Crippen molar-refractivity contribution in [2.45, 2.75) is 77.3 Å². The molecule has 92 valence electrons. The van der Waals surface area contributed by atoms with Crippen LogP contribution in [0.4, 0.5) is 0 Å². The van der Waals surface area contributed by atoms with E-state index in [0.717, 1.165) is 11.3 Å². The van der Waals surface area contributed by atoms with Crippen LogP contribution in [0.5, 0.6) is 0 Å². The summed E-state index contributed by atoms with van der Waals surface area (Å²) >= 11 is 0. The van der Waals surface area contributed by atoms with Gasteiger partial charge in [0.1, 0.15) is 0 Å². The Bertz CT molecular complexity index is 159. The average Bonchev–Trinajstić information content (AvgIpc) is 2.01. The van der Waals surface area contributed by atoms with Crippen LogP contribution < -0.4 is 5.32 Å². The first-order valence-electron chi connectivity index (χ1n) is 6.39. The summed E-state index contributed by atoms with van der Waals surface area (Å²) in [4.78, 5) is 0. The van der Waals surface area contributed by atoms with E-state index >= 15 is 0 Å². The van der Waals surface area contributed by atoms with Gasteiger partial charge in [-0.05, 0) is 24.2 Å². The molecule has 0 heterocycles. The molecule has 0 aromatic heterocycles. The van der Waals surface area contributed by atoms with Crippen LogP contribution in [0.2, 0.25) is 39.3 Å². The van der Waals surface area contributed by atoms with E-state index in [1.165, 1.54) is 12.8 Å². The van der Waals surface area contributed by atoms with Gasteiger partial charge in [0.15, 0.2) is 0 Å². The highest BCUT2D eigenvalue weighted by Gasteiger charge is 2.31. The lowest BCUT2D eigenvalue weighted by molar-refractivity contribution is 0.548. The van der Waals surface area contributed by atoms with Crippen LogP contribution in [0.3, 0.4) is 0 Å². The second kappa shape index (κ2) is 5.64. The summed E-state index contributed by atoms with van der Waals surface area (Å²) in [5.74, 6) is 0. The van der Waals surface area contributed by atoms with Crippen molar-refractivity contribution in [1.29, 1.82) is 0 Å². The molecule has 2 unspecified atom stereocenters. The zero-order chi connectivity index (χ0) is 12.3. The van der Waals surface area contributed by atoms with E-state index in [1.807, 2.05) is 0 Å². The molecule has 0 saturated carbocycles. The van der Waals surface area contributed by atoms with Crippen molar-refractivity contribution in [2.24, 2.45) is 0 Å². The van der Waals surface area contributed by atoms with Crippen LogP contribution in [0.1, 0.15) is 26.7 Å². The molecule has 0 fully saturated rings. The lowest BCUT2D eigenvalue weighted by Gasteiger charge is -2.37. The third-order valence-corrected chi connectivity index (χ3v) is 8.64. The van der Waals surface area contributed by atoms with Gasteiger partial charge < -0.3 is 5.32 Å². The molecule has 1 nitrogen and oxygen atoms in total. The Kier molecular flexibility index (Phi) is 5.79. The molecular weight excluding hydrogens is 214 g/mol. The number of rotatable bonds is 6. The molecule has 0 amide bonds. The summed E-state index contributed by atoms with van der Waals surface area (Å²) in [6, 6.07) is 0. The molecule has 0 spiro atoms. The first-order chi connectivity index (χ1) is 6.62. The van der Waals surface area contributed by atoms with Gasteiger partial charge in [-0.15, -0.1) is 0 Å². The SMILES string of the molecule is CCC(NC(CC)[Si](C)(C)C)[Si](C)(C)C. The summed E-state index contributed by atoms with van der Waals surface area (Å²) in [7, 11) is -2.07. The second-order valence-electron chi connectivity index (χ2n) is 6.82. The normalized spacial score (nSPS) is 17.6. The maximum atomic E-state index is 3.96. The van der Waals surface area contributed by atoms with Gasteiger partial charge in [-0.2, -0.15) is 0 Å². The van der Waals surface area contributed by atoms with Crippen LogP contribution in [0.15, 0.2) is 0 Å². The first kappa shape index (κ1) is 15.4. The Balaban J connectivity index is 4.52. The van der Waals surface area contributed by atoms with E-state index in [2.05, 4.69) is 58.4 Å². The lowest BCUT2D eigenvalue weighted by Crippen LogP contribution is -2.58. The third kappa shape index (κ3) is 5.32. The fourth-order valence-electron chi connectivity index (χ4n) is 2.20. The minimum absolute atomic E-state index is 0.786. The number of hydrogen-bond donors (Lipinski definition) is 1. The monoisotopic (exact) mass is 245 g/mol. The van der Waals surface area contributed by atoms with Crippen LogP contribution in [-0.4, -0.2) is 27.5 Å². The molecule has 3 heteroatoms. The van der Waals surface area contributed by atoms with Crippen LogP contribution in [-0.2, 0) is 0 Å². The van der Waals surface area contributed by atoms with Gasteiger partial charge >= 0.3 is 0 Å². The van der Waals surface area contributed by atoms with Crippen LogP contribution in [0.25, 0.3) is 0 Å². The predicted octanol–water partition coefficient (Wildman–Crippen LogP) is 3.89. The fraction of sp³-hybridized carbons (Fsp3) is 1.00. The van der Waals surface area contributed by atoms with Gasteiger partial charge in [-0.3, -0.25) is 0 Å². The van der Waals surface area contributed by atoms with Crippen molar-refractivity contribution >= 4 is 16.1 Å². The topological polar surface area (TPSA) is 12.0 Å². The van der Waals surface area contributed by atoms with Crippen molar-refractivity contribution in [3.63, 3.8) is 0 Å². The van der Waals surface area contributed by atoms with Gasteiger partial charge in [-0.25, -0.2) is 0 Å². The largest absolute Gasteiger partial charge is 0.316 e. The van der Waals surface area contributed by atoms with Gasteiger partial charge in [0.25, 0.3) is 0 Å². The molecule has 0 aromatic carbocycles. The quantitative estimate of drug-likeness (QED) is 0.700. The Morgan fingerprint density at radius 2 is 1.00 bits per heavy atom. The molecular formula is C12H31NSi2. The molecule has 0 aliphatic heterocycles. The third-order valence-electron chi connectivity index (χ3n) is 3.31. The second-order valence-corrected chi connectivity index (χ2v) is 17.7. The Hall–Kier alpha value is 0.394. The zero-order valence-corrected chi connectivity index (χ0v) is 14.1. The fourth-order valence-corrected chi connectivity index (χ4v) is 6.22. The molecule has 0 aliphatic carbocycles. The molecule has 0 saturated heterocycles. The molecule has 1 N–H and O–H groups in total. The summed E-state index contributed by atoms with van der Waals surface area (Å²) in [5.41, 5.74) is 1.57. The number of hydrogen-bond acceptors (Lipinski definition) is 1. The average molecular weight is 246 g/mol. The van der Waals surface area contributed by atoms with Crippen LogP contribution in [0, 0.1) is 0 Å². The van der Waals surface area contributed by atoms with E-state index in [0.29, 0.717) is 0 Å². The van der Waals surface area contributed by atoms with Crippen molar-refractivity contribution in [3.05, 3.63) is 0 Å². The lowest BCUT2D eigenvalue weighted by atomic mass is 10.4. The Morgan fingerprint density at radius 3 is 1.13 bits per heavy atom. The molecule has 0 bridgehead atoms. The van der Waals surface area contributed by atoms with E-state index in [1.54, 1.807) is 0 Å². The molecule has 0 aromatic rings. The number of nitrogens with one attached hydrogen (secondary N) is 1. The zero-order valence-electron chi connectivity index (χ0n) is 12.1. The summed E-state index contributed by atoms with van der Waals surface area (Å²) in [6.45, 7) is 19.5. The predicted molar refractivity (Wildman–Crippen MR) is 78.0 cm³/mol. The standard InChI is InChI=1S/C12H31NSi2/c1-9-11(14(3,4)5)13-12(10-2)15(6,7)8/h11-13H,9-10H2,1-8H3. The minimum atomic E-state index is -1.03. The molecule has 15 heavy (non-hydrogen) atoms. The van der Waals surface area contributed by atoms with Gasteiger partial charge in [0.2, 0.25) is 0 Å². The minimum Gasteiger partial charge on any atom is -0.316 e. The van der Waals surface area contributed by atoms with E-state index in [4.69, 9.17) is 0 Å². The van der Waals surface area contributed by atoms with Crippen molar-refractivity contribution < 1.29 is 0 Å². The molecule has 0 rings (SSSR count). The van der Waals surface area contributed by atoms with E-state index in [9.17, 15) is 0 Å². The molecule has 0 radical (unpaired) electrons.